The van der Waals surface area contributed by atoms with Gasteiger partial charge in [-0.05, 0) is 37.2 Å². The Morgan fingerprint density at radius 3 is 3.00 bits per heavy atom. The average Bonchev–Trinajstić information content (AvgIpc) is 2.99. The van der Waals surface area contributed by atoms with Crippen LogP contribution in [0.3, 0.4) is 0 Å². The zero-order valence-corrected chi connectivity index (χ0v) is 15.2. The molecule has 4 aliphatic heterocycles. The lowest BCUT2D eigenvalue weighted by atomic mass is 9.68. The molecule has 1 aromatic rings. The summed E-state index contributed by atoms with van der Waals surface area (Å²) in [6.07, 6.45) is 4.81. The lowest BCUT2D eigenvalue weighted by Crippen LogP contribution is -2.75. The van der Waals surface area contributed by atoms with E-state index in [0.717, 1.165) is 38.0 Å². The maximum Gasteiger partial charge on any atom is 0.188 e. The molecule has 0 aliphatic carbocycles. The predicted octanol–water partition coefficient (Wildman–Crippen LogP) is 2.33. The second-order valence-electron chi connectivity index (χ2n) is 8.10. The number of anilines is 1. The van der Waals surface area contributed by atoms with E-state index in [1.165, 1.54) is 5.56 Å². The number of aliphatic hydroxyl groups is 1. The molecule has 0 radical (unpaired) electrons. The highest BCUT2D eigenvalue weighted by atomic mass is 16.6. The molecule has 0 bridgehead atoms. The van der Waals surface area contributed by atoms with E-state index in [0.29, 0.717) is 25.0 Å². The summed E-state index contributed by atoms with van der Waals surface area (Å²) in [6, 6.07) is 8.73. The molecule has 1 aromatic carbocycles. The zero-order chi connectivity index (χ0) is 17.8. The number of benzene rings is 1. The monoisotopic (exact) mass is 356 g/mol. The number of nitrogens with one attached hydrogen (secondary N) is 1. The van der Waals surface area contributed by atoms with Gasteiger partial charge < -0.3 is 19.9 Å². The van der Waals surface area contributed by atoms with Crippen LogP contribution in [-0.2, 0) is 15.1 Å². The van der Waals surface area contributed by atoms with E-state index < -0.39 is 11.3 Å². The third-order valence-corrected chi connectivity index (χ3v) is 7.08. The summed E-state index contributed by atoms with van der Waals surface area (Å²) >= 11 is 0. The Morgan fingerprint density at radius 2 is 2.15 bits per heavy atom. The number of ether oxygens (including phenoxy) is 2. The van der Waals surface area contributed by atoms with Crippen molar-refractivity contribution in [2.75, 3.05) is 38.2 Å². The molecule has 3 saturated heterocycles. The largest absolute Gasteiger partial charge is 0.396 e. The van der Waals surface area contributed by atoms with Crippen LogP contribution < -0.4 is 5.32 Å². The fourth-order valence-corrected chi connectivity index (χ4v) is 5.94. The molecule has 26 heavy (non-hydrogen) atoms. The summed E-state index contributed by atoms with van der Waals surface area (Å²) in [6.45, 7) is 7.52. The van der Waals surface area contributed by atoms with Crippen molar-refractivity contribution in [3.05, 3.63) is 42.5 Å². The van der Waals surface area contributed by atoms with Crippen molar-refractivity contribution < 1.29 is 14.6 Å². The molecule has 2 N–H and O–H groups in total. The minimum Gasteiger partial charge on any atom is -0.396 e. The molecule has 0 aromatic heterocycles. The summed E-state index contributed by atoms with van der Waals surface area (Å²) in [5.74, 6) is 0.857. The summed E-state index contributed by atoms with van der Waals surface area (Å²) in [5.41, 5.74) is 1.44. The number of para-hydroxylation sites is 1. The van der Waals surface area contributed by atoms with Crippen LogP contribution in [0, 0.1) is 11.8 Å². The topological polar surface area (TPSA) is 54.0 Å². The van der Waals surface area contributed by atoms with E-state index in [-0.39, 0.29) is 12.6 Å². The van der Waals surface area contributed by atoms with Gasteiger partial charge in [0, 0.05) is 30.9 Å². The number of hydrogen-bond acceptors (Lipinski definition) is 5. The average molecular weight is 356 g/mol. The SMILES string of the molecule is C=C[C@H]1CN2CC[C@@]34OCCO[C@@]3(Nc3ccccc34)[C@@H]2C[C@@H]1CCO. The molecular weight excluding hydrogens is 328 g/mol. The third kappa shape index (κ3) is 2.06. The number of hydrogen-bond donors (Lipinski definition) is 2. The van der Waals surface area contributed by atoms with Gasteiger partial charge in [-0.1, -0.05) is 24.3 Å². The maximum atomic E-state index is 9.57. The molecule has 0 saturated carbocycles. The van der Waals surface area contributed by atoms with E-state index in [9.17, 15) is 5.11 Å². The van der Waals surface area contributed by atoms with Crippen molar-refractivity contribution in [1.29, 1.82) is 0 Å². The Morgan fingerprint density at radius 1 is 1.31 bits per heavy atom. The van der Waals surface area contributed by atoms with Gasteiger partial charge in [-0.15, -0.1) is 6.58 Å². The number of rotatable bonds is 3. The minimum absolute atomic E-state index is 0.227. The highest BCUT2D eigenvalue weighted by Crippen LogP contribution is 2.59. The van der Waals surface area contributed by atoms with Gasteiger partial charge in [0.2, 0.25) is 0 Å². The second kappa shape index (κ2) is 6.06. The normalized spacial score (nSPS) is 41.3. The molecule has 4 heterocycles. The maximum absolute atomic E-state index is 9.57. The Bertz CT molecular complexity index is 710. The van der Waals surface area contributed by atoms with Crippen LogP contribution in [-0.4, -0.2) is 54.7 Å². The van der Waals surface area contributed by atoms with Crippen LogP contribution in [0.4, 0.5) is 5.69 Å². The molecule has 140 valence electrons. The van der Waals surface area contributed by atoms with Gasteiger partial charge in [-0.25, -0.2) is 0 Å². The third-order valence-electron chi connectivity index (χ3n) is 7.08. The summed E-state index contributed by atoms with van der Waals surface area (Å²) in [5, 5.41) is 13.3. The van der Waals surface area contributed by atoms with E-state index in [1.807, 2.05) is 0 Å². The minimum atomic E-state index is -0.535. The molecular formula is C21H28N2O3. The first-order valence-corrected chi connectivity index (χ1v) is 9.87. The highest BCUT2D eigenvalue weighted by molar-refractivity contribution is 5.64. The van der Waals surface area contributed by atoms with Gasteiger partial charge in [0.05, 0.1) is 19.3 Å². The zero-order valence-electron chi connectivity index (χ0n) is 15.2. The predicted molar refractivity (Wildman–Crippen MR) is 99.9 cm³/mol. The first kappa shape index (κ1) is 16.8. The quantitative estimate of drug-likeness (QED) is 0.814. The highest BCUT2D eigenvalue weighted by Gasteiger charge is 2.69. The van der Waals surface area contributed by atoms with E-state index in [4.69, 9.17) is 9.47 Å². The summed E-state index contributed by atoms with van der Waals surface area (Å²) < 4.78 is 13.1. The molecule has 4 aliphatic rings. The van der Waals surface area contributed by atoms with Crippen molar-refractivity contribution in [1.82, 2.24) is 4.90 Å². The van der Waals surface area contributed by atoms with Crippen molar-refractivity contribution in [3.8, 4) is 0 Å². The Hall–Kier alpha value is -1.40. The first-order valence-electron chi connectivity index (χ1n) is 9.87. The standard InChI is InChI=1S/C21H28N2O3/c1-2-15-14-23-9-8-20-17-5-3-4-6-18(17)22-21(20,26-12-11-25-20)19(23)13-16(15)7-10-24/h2-6,15-16,19,22,24H,1,7-14H2/t15-,16-,19-,20-,21-/m0/s1. The molecule has 0 unspecified atom stereocenters. The van der Waals surface area contributed by atoms with Crippen LogP contribution in [0.25, 0.3) is 0 Å². The van der Waals surface area contributed by atoms with Crippen LogP contribution in [0.1, 0.15) is 24.8 Å². The fraction of sp³-hybridized carbons (Fsp3) is 0.619. The smallest absolute Gasteiger partial charge is 0.188 e. The lowest BCUT2D eigenvalue weighted by Gasteiger charge is -2.61. The Kier molecular flexibility index (Phi) is 3.90. The number of fused-ring (bicyclic) bond motifs is 2. The fourth-order valence-electron chi connectivity index (χ4n) is 5.94. The molecule has 0 spiro atoms. The van der Waals surface area contributed by atoms with E-state index in [1.54, 1.807) is 0 Å². The summed E-state index contributed by atoms with van der Waals surface area (Å²) in [4.78, 5) is 2.56. The van der Waals surface area contributed by atoms with Crippen molar-refractivity contribution in [2.24, 2.45) is 11.8 Å². The van der Waals surface area contributed by atoms with Gasteiger partial charge in [0.25, 0.3) is 0 Å². The number of piperidine rings is 2. The van der Waals surface area contributed by atoms with E-state index >= 15 is 0 Å². The Labute approximate surface area is 155 Å². The first-order chi connectivity index (χ1) is 12.7. The second-order valence-corrected chi connectivity index (χ2v) is 8.10. The van der Waals surface area contributed by atoms with Crippen molar-refractivity contribution in [2.45, 2.75) is 36.6 Å². The van der Waals surface area contributed by atoms with Crippen LogP contribution in [0.2, 0.25) is 0 Å². The molecule has 5 heteroatoms. The molecule has 0 amide bonds. The van der Waals surface area contributed by atoms with Crippen molar-refractivity contribution >= 4 is 5.69 Å². The van der Waals surface area contributed by atoms with Gasteiger partial charge >= 0.3 is 0 Å². The lowest BCUT2D eigenvalue weighted by molar-refractivity contribution is -0.297. The molecule has 5 nitrogen and oxygen atoms in total. The Balaban J connectivity index is 1.58. The van der Waals surface area contributed by atoms with Gasteiger partial charge in [0.1, 0.15) is 5.60 Å². The van der Waals surface area contributed by atoms with Gasteiger partial charge in [-0.2, -0.15) is 0 Å². The molecule has 5 rings (SSSR count). The van der Waals surface area contributed by atoms with Gasteiger partial charge in [0.15, 0.2) is 5.72 Å². The van der Waals surface area contributed by atoms with E-state index in [2.05, 4.69) is 47.1 Å². The summed E-state index contributed by atoms with van der Waals surface area (Å²) in [7, 11) is 0. The van der Waals surface area contributed by atoms with Crippen molar-refractivity contribution in [3.63, 3.8) is 0 Å². The van der Waals surface area contributed by atoms with Crippen LogP contribution in [0.15, 0.2) is 36.9 Å². The van der Waals surface area contributed by atoms with Crippen LogP contribution in [0.5, 0.6) is 0 Å². The van der Waals surface area contributed by atoms with Crippen LogP contribution >= 0.6 is 0 Å². The number of nitrogens with zero attached hydrogens (tertiary/aromatic N) is 1. The molecule has 3 fully saturated rings. The number of aliphatic hydroxyl groups excluding tert-OH is 1. The van der Waals surface area contributed by atoms with Gasteiger partial charge in [-0.3, -0.25) is 4.90 Å². The molecule has 5 atom stereocenters.